The van der Waals surface area contributed by atoms with Crippen LogP contribution in [0.2, 0.25) is 0 Å². The Morgan fingerprint density at radius 3 is 2.44 bits per heavy atom. The second-order valence-corrected chi connectivity index (χ2v) is 4.48. The highest BCUT2D eigenvalue weighted by molar-refractivity contribution is 9.10. The third kappa shape index (κ3) is 4.84. The van der Waals surface area contributed by atoms with Gasteiger partial charge in [-0.2, -0.15) is 0 Å². The van der Waals surface area contributed by atoms with E-state index in [-0.39, 0.29) is 6.29 Å². The van der Waals surface area contributed by atoms with Crippen LogP contribution in [0.5, 0.6) is 5.75 Å². The molecule has 0 heterocycles. The standard InChI is InChI=1S/C13H20BrNO3/c1-4-17-13(18-5-2)9-15-11-8-10(14)6-7-12(11)16-3/h6-8,13,15H,4-5,9H2,1-3H3. The molecule has 18 heavy (non-hydrogen) atoms. The van der Waals surface area contributed by atoms with Crippen LogP contribution < -0.4 is 10.1 Å². The minimum Gasteiger partial charge on any atom is -0.495 e. The Bertz CT molecular complexity index is 354. The molecule has 1 rings (SSSR count). The van der Waals surface area contributed by atoms with E-state index in [1.165, 1.54) is 0 Å². The van der Waals surface area contributed by atoms with Crippen molar-refractivity contribution in [2.24, 2.45) is 0 Å². The number of nitrogens with one attached hydrogen (secondary N) is 1. The van der Waals surface area contributed by atoms with E-state index in [1.807, 2.05) is 32.0 Å². The van der Waals surface area contributed by atoms with Gasteiger partial charge in [-0.1, -0.05) is 15.9 Å². The molecule has 0 aliphatic heterocycles. The Morgan fingerprint density at radius 1 is 1.22 bits per heavy atom. The van der Waals surface area contributed by atoms with Crippen LogP contribution >= 0.6 is 15.9 Å². The highest BCUT2D eigenvalue weighted by Crippen LogP contribution is 2.27. The summed E-state index contributed by atoms with van der Waals surface area (Å²) in [5.74, 6) is 0.796. The topological polar surface area (TPSA) is 39.7 Å². The quantitative estimate of drug-likeness (QED) is 0.747. The number of halogens is 1. The first-order valence-corrected chi connectivity index (χ1v) is 6.81. The molecule has 0 saturated heterocycles. The molecule has 1 aromatic carbocycles. The molecule has 0 saturated carbocycles. The maximum absolute atomic E-state index is 5.47. The van der Waals surface area contributed by atoms with Crippen LogP contribution in [0.3, 0.4) is 0 Å². The molecule has 0 aliphatic rings. The number of methoxy groups -OCH3 is 1. The van der Waals surface area contributed by atoms with Gasteiger partial charge < -0.3 is 19.5 Å². The van der Waals surface area contributed by atoms with E-state index in [0.717, 1.165) is 15.9 Å². The van der Waals surface area contributed by atoms with Gasteiger partial charge in [-0.25, -0.2) is 0 Å². The van der Waals surface area contributed by atoms with E-state index < -0.39 is 0 Å². The monoisotopic (exact) mass is 317 g/mol. The average molecular weight is 318 g/mol. The van der Waals surface area contributed by atoms with Crippen molar-refractivity contribution in [3.8, 4) is 5.75 Å². The van der Waals surface area contributed by atoms with E-state index in [4.69, 9.17) is 14.2 Å². The van der Waals surface area contributed by atoms with E-state index in [2.05, 4.69) is 21.2 Å². The lowest BCUT2D eigenvalue weighted by Crippen LogP contribution is -2.26. The van der Waals surface area contributed by atoms with E-state index >= 15 is 0 Å². The summed E-state index contributed by atoms with van der Waals surface area (Å²) in [4.78, 5) is 0. The highest BCUT2D eigenvalue weighted by atomic mass is 79.9. The minimum atomic E-state index is -0.247. The van der Waals surface area contributed by atoms with Gasteiger partial charge in [0.05, 0.1) is 19.3 Å². The zero-order valence-corrected chi connectivity index (χ0v) is 12.6. The third-order valence-corrected chi connectivity index (χ3v) is 2.82. The van der Waals surface area contributed by atoms with Crippen LogP contribution in [0.25, 0.3) is 0 Å². The van der Waals surface area contributed by atoms with Gasteiger partial charge in [-0.15, -0.1) is 0 Å². The SMILES string of the molecule is CCOC(CNc1cc(Br)ccc1OC)OCC. The number of hydrogen-bond donors (Lipinski definition) is 1. The Morgan fingerprint density at radius 2 is 1.89 bits per heavy atom. The normalized spacial score (nSPS) is 10.7. The number of rotatable bonds is 8. The van der Waals surface area contributed by atoms with E-state index in [1.54, 1.807) is 7.11 Å². The van der Waals surface area contributed by atoms with Gasteiger partial charge in [0.25, 0.3) is 0 Å². The zero-order chi connectivity index (χ0) is 13.4. The Balaban J connectivity index is 2.62. The molecule has 0 unspecified atom stereocenters. The molecule has 0 amide bonds. The second-order valence-electron chi connectivity index (χ2n) is 3.57. The maximum atomic E-state index is 5.47. The van der Waals surface area contributed by atoms with Crippen molar-refractivity contribution in [1.29, 1.82) is 0 Å². The van der Waals surface area contributed by atoms with Gasteiger partial charge in [0.1, 0.15) is 5.75 Å². The van der Waals surface area contributed by atoms with Gasteiger partial charge in [-0.05, 0) is 32.0 Å². The van der Waals surface area contributed by atoms with Crippen LogP contribution in [0.4, 0.5) is 5.69 Å². The Labute approximate surface area is 117 Å². The van der Waals surface area contributed by atoms with Gasteiger partial charge in [-0.3, -0.25) is 0 Å². The molecule has 0 spiro atoms. The van der Waals surface area contributed by atoms with Crippen molar-refractivity contribution < 1.29 is 14.2 Å². The largest absolute Gasteiger partial charge is 0.495 e. The molecule has 0 aliphatic carbocycles. The summed E-state index contributed by atoms with van der Waals surface area (Å²) < 4.78 is 17.2. The van der Waals surface area contributed by atoms with Gasteiger partial charge in [0.2, 0.25) is 0 Å². The number of benzene rings is 1. The predicted molar refractivity (Wildman–Crippen MR) is 76.2 cm³/mol. The first kappa shape index (κ1) is 15.3. The predicted octanol–water partition coefficient (Wildman–Crippen LogP) is 3.27. The second kappa shape index (κ2) is 8.34. The Hall–Kier alpha value is -0.780. The molecule has 0 atom stereocenters. The molecule has 5 heteroatoms. The summed E-state index contributed by atoms with van der Waals surface area (Å²) in [5.41, 5.74) is 0.913. The molecule has 1 N–H and O–H groups in total. The lowest BCUT2D eigenvalue weighted by molar-refractivity contribution is -0.126. The number of hydrogen-bond acceptors (Lipinski definition) is 4. The molecule has 102 valence electrons. The fourth-order valence-corrected chi connectivity index (χ4v) is 1.91. The van der Waals surface area contributed by atoms with Crippen LogP contribution in [-0.2, 0) is 9.47 Å². The lowest BCUT2D eigenvalue weighted by Gasteiger charge is -2.19. The van der Waals surface area contributed by atoms with Gasteiger partial charge >= 0.3 is 0 Å². The van der Waals surface area contributed by atoms with Crippen LogP contribution in [0, 0.1) is 0 Å². The van der Waals surface area contributed by atoms with E-state index in [0.29, 0.717) is 19.8 Å². The summed E-state index contributed by atoms with van der Waals surface area (Å²) in [6.07, 6.45) is -0.247. The Kier molecular flexibility index (Phi) is 7.08. The van der Waals surface area contributed by atoms with Crippen molar-refractivity contribution in [3.63, 3.8) is 0 Å². The molecule has 0 fully saturated rings. The van der Waals surface area contributed by atoms with Crippen molar-refractivity contribution >= 4 is 21.6 Å². The first-order chi connectivity index (χ1) is 8.71. The summed E-state index contributed by atoms with van der Waals surface area (Å²) in [7, 11) is 1.65. The third-order valence-electron chi connectivity index (χ3n) is 2.33. The van der Waals surface area contributed by atoms with Gasteiger partial charge in [0, 0.05) is 17.7 Å². The van der Waals surface area contributed by atoms with E-state index in [9.17, 15) is 0 Å². The fourth-order valence-electron chi connectivity index (χ4n) is 1.55. The minimum absolute atomic E-state index is 0.247. The molecule has 0 radical (unpaired) electrons. The molecular formula is C13H20BrNO3. The van der Waals surface area contributed by atoms with Crippen LogP contribution in [-0.4, -0.2) is 33.2 Å². The summed E-state index contributed by atoms with van der Waals surface area (Å²) >= 11 is 3.44. The maximum Gasteiger partial charge on any atom is 0.174 e. The zero-order valence-electron chi connectivity index (χ0n) is 11.0. The first-order valence-electron chi connectivity index (χ1n) is 6.01. The van der Waals surface area contributed by atoms with Crippen LogP contribution in [0.15, 0.2) is 22.7 Å². The smallest absolute Gasteiger partial charge is 0.174 e. The molecule has 0 aromatic heterocycles. The summed E-state index contributed by atoms with van der Waals surface area (Å²) in [6, 6.07) is 5.81. The van der Waals surface area contributed by atoms with Crippen molar-refractivity contribution in [3.05, 3.63) is 22.7 Å². The summed E-state index contributed by atoms with van der Waals surface area (Å²) in [6.45, 7) is 5.73. The van der Waals surface area contributed by atoms with Crippen molar-refractivity contribution in [2.45, 2.75) is 20.1 Å². The number of ether oxygens (including phenoxy) is 3. The van der Waals surface area contributed by atoms with Crippen LogP contribution in [0.1, 0.15) is 13.8 Å². The molecule has 1 aromatic rings. The fraction of sp³-hybridized carbons (Fsp3) is 0.538. The highest BCUT2D eigenvalue weighted by Gasteiger charge is 2.09. The van der Waals surface area contributed by atoms with Crippen molar-refractivity contribution in [2.75, 3.05) is 32.2 Å². The molecular weight excluding hydrogens is 298 g/mol. The van der Waals surface area contributed by atoms with Gasteiger partial charge in [0.15, 0.2) is 6.29 Å². The average Bonchev–Trinajstić information content (AvgIpc) is 2.36. The lowest BCUT2D eigenvalue weighted by atomic mass is 10.3. The van der Waals surface area contributed by atoms with Crippen molar-refractivity contribution in [1.82, 2.24) is 0 Å². The number of anilines is 1. The summed E-state index contributed by atoms with van der Waals surface area (Å²) in [5, 5.41) is 3.27. The molecule has 0 bridgehead atoms. The molecule has 4 nitrogen and oxygen atoms in total.